The number of aromatic amines is 1. The summed E-state index contributed by atoms with van der Waals surface area (Å²) in [6.45, 7) is 1.51. The van der Waals surface area contributed by atoms with E-state index in [1.165, 1.54) is 6.92 Å². The number of fused-ring (bicyclic) bond motifs is 1. The van der Waals surface area contributed by atoms with Gasteiger partial charge < -0.3 is 10.3 Å². The highest BCUT2D eigenvalue weighted by atomic mass is 16.1. The molecule has 0 atom stereocenters. The normalized spacial score (nSPS) is 10.5. The molecule has 5 heteroatoms. The molecular formula is C16H13N3O2. The maximum atomic E-state index is 12.3. The van der Waals surface area contributed by atoms with E-state index in [1.807, 2.05) is 6.07 Å². The first-order chi connectivity index (χ1) is 10.1. The molecule has 0 saturated carbocycles. The molecule has 1 aromatic heterocycles. The summed E-state index contributed by atoms with van der Waals surface area (Å²) in [5.41, 5.74) is 3.20. The Bertz CT molecular complexity index is 819. The Morgan fingerprint density at radius 3 is 2.57 bits per heavy atom. The zero-order valence-corrected chi connectivity index (χ0v) is 11.4. The quantitative estimate of drug-likeness (QED) is 0.724. The molecule has 21 heavy (non-hydrogen) atoms. The van der Waals surface area contributed by atoms with Gasteiger partial charge in [-0.1, -0.05) is 6.07 Å². The number of carbonyl (C=O) groups is 2. The number of benzene rings is 2. The molecule has 0 unspecified atom stereocenters. The molecule has 0 aliphatic rings. The number of H-pyrrole nitrogens is 1. The summed E-state index contributed by atoms with van der Waals surface area (Å²) in [7, 11) is 0. The van der Waals surface area contributed by atoms with Crippen LogP contribution in [0.5, 0.6) is 0 Å². The van der Waals surface area contributed by atoms with Gasteiger partial charge in [0.2, 0.25) is 0 Å². The zero-order chi connectivity index (χ0) is 14.8. The molecule has 2 N–H and O–H groups in total. The Hall–Kier alpha value is -2.95. The highest BCUT2D eigenvalue weighted by Crippen LogP contribution is 2.17. The molecule has 2 aromatic carbocycles. The van der Waals surface area contributed by atoms with Gasteiger partial charge in [0.1, 0.15) is 5.52 Å². The van der Waals surface area contributed by atoms with E-state index in [-0.39, 0.29) is 11.7 Å². The van der Waals surface area contributed by atoms with E-state index in [9.17, 15) is 9.59 Å². The van der Waals surface area contributed by atoms with E-state index in [0.29, 0.717) is 22.3 Å². The van der Waals surface area contributed by atoms with Gasteiger partial charge in [-0.25, -0.2) is 4.98 Å². The molecule has 1 heterocycles. The second kappa shape index (κ2) is 5.20. The molecule has 3 rings (SSSR count). The number of Topliss-reactive ketones (excluding diaryl/α,β-unsaturated/α-hetero) is 1. The third-order valence-electron chi connectivity index (χ3n) is 3.24. The summed E-state index contributed by atoms with van der Waals surface area (Å²) in [6.07, 6.45) is 1.56. The Balaban J connectivity index is 1.86. The number of ketones is 1. The van der Waals surface area contributed by atoms with Crippen molar-refractivity contribution in [2.24, 2.45) is 0 Å². The van der Waals surface area contributed by atoms with Gasteiger partial charge in [0, 0.05) is 11.3 Å². The van der Waals surface area contributed by atoms with Crippen LogP contribution in [0, 0.1) is 0 Å². The predicted molar refractivity (Wildman–Crippen MR) is 80.5 cm³/mol. The highest BCUT2D eigenvalue weighted by molar-refractivity contribution is 6.11. The van der Waals surface area contributed by atoms with Crippen LogP contribution in [-0.2, 0) is 0 Å². The molecule has 0 radical (unpaired) electrons. The third-order valence-corrected chi connectivity index (χ3v) is 3.24. The molecule has 0 saturated heterocycles. The van der Waals surface area contributed by atoms with E-state index in [2.05, 4.69) is 15.3 Å². The fourth-order valence-corrected chi connectivity index (χ4v) is 2.14. The van der Waals surface area contributed by atoms with E-state index in [4.69, 9.17) is 0 Å². The SMILES string of the molecule is CC(=O)c1ccc(NC(=O)c2cccc3[nH]cnc23)cc1. The molecule has 0 fully saturated rings. The lowest BCUT2D eigenvalue weighted by molar-refractivity contribution is 0.101. The maximum Gasteiger partial charge on any atom is 0.257 e. The molecule has 0 aliphatic heterocycles. The lowest BCUT2D eigenvalue weighted by Crippen LogP contribution is -2.12. The topological polar surface area (TPSA) is 74.8 Å². The smallest absolute Gasteiger partial charge is 0.257 e. The Morgan fingerprint density at radius 1 is 1.10 bits per heavy atom. The molecular weight excluding hydrogens is 266 g/mol. The lowest BCUT2D eigenvalue weighted by atomic mass is 10.1. The zero-order valence-electron chi connectivity index (χ0n) is 11.4. The number of anilines is 1. The lowest BCUT2D eigenvalue weighted by Gasteiger charge is -2.06. The summed E-state index contributed by atoms with van der Waals surface area (Å²) in [4.78, 5) is 30.7. The van der Waals surface area contributed by atoms with Gasteiger partial charge in [-0.15, -0.1) is 0 Å². The summed E-state index contributed by atoms with van der Waals surface area (Å²) >= 11 is 0. The third kappa shape index (κ3) is 2.53. The van der Waals surface area contributed by atoms with Gasteiger partial charge in [0.25, 0.3) is 5.91 Å². The number of imidazole rings is 1. The van der Waals surface area contributed by atoms with Crippen LogP contribution in [-0.4, -0.2) is 21.7 Å². The number of nitrogens with one attached hydrogen (secondary N) is 2. The molecule has 0 spiro atoms. The number of amides is 1. The summed E-state index contributed by atoms with van der Waals surface area (Å²) in [5.74, 6) is -0.238. The Labute approximate surface area is 121 Å². The average molecular weight is 279 g/mol. The molecule has 3 aromatic rings. The van der Waals surface area contributed by atoms with Crippen LogP contribution in [0.3, 0.4) is 0 Å². The first kappa shape index (κ1) is 13.1. The van der Waals surface area contributed by atoms with Gasteiger partial charge >= 0.3 is 0 Å². The number of hydrogen-bond acceptors (Lipinski definition) is 3. The van der Waals surface area contributed by atoms with Gasteiger partial charge in [0.05, 0.1) is 17.4 Å². The van der Waals surface area contributed by atoms with Gasteiger partial charge in [-0.3, -0.25) is 9.59 Å². The van der Waals surface area contributed by atoms with Crippen LogP contribution in [0.4, 0.5) is 5.69 Å². The number of para-hydroxylation sites is 1. The van der Waals surface area contributed by atoms with Gasteiger partial charge in [-0.05, 0) is 43.3 Å². The van der Waals surface area contributed by atoms with Crippen molar-refractivity contribution >= 4 is 28.4 Å². The minimum absolute atomic E-state index is 0.00540. The summed E-state index contributed by atoms with van der Waals surface area (Å²) in [6, 6.07) is 12.2. The van der Waals surface area contributed by atoms with Gasteiger partial charge in [-0.2, -0.15) is 0 Å². The van der Waals surface area contributed by atoms with Crippen LogP contribution < -0.4 is 5.32 Å². The molecule has 5 nitrogen and oxygen atoms in total. The molecule has 104 valence electrons. The summed E-state index contributed by atoms with van der Waals surface area (Å²) in [5, 5.41) is 2.80. The van der Waals surface area contributed by atoms with E-state index in [0.717, 1.165) is 5.52 Å². The second-order valence-corrected chi connectivity index (χ2v) is 4.69. The van der Waals surface area contributed by atoms with Crippen LogP contribution in [0.1, 0.15) is 27.6 Å². The van der Waals surface area contributed by atoms with Crippen LogP contribution in [0.2, 0.25) is 0 Å². The number of nitrogens with zero attached hydrogens (tertiary/aromatic N) is 1. The van der Waals surface area contributed by atoms with Crippen molar-refractivity contribution in [3.63, 3.8) is 0 Å². The first-order valence-corrected chi connectivity index (χ1v) is 6.49. The van der Waals surface area contributed by atoms with Gasteiger partial charge in [0.15, 0.2) is 5.78 Å². The number of carbonyl (C=O) groups excluding carboxylic acids is 2. The highest BCUT2D eigenvalue weighted by Gasteiger charge is 2.12. The van der Waals surface area contributed by atoms with Crippen molar-refractivity contribution < 1.29 is 9.59 Å². The fraction of sp³-hybridized carbons (Fsp3) is 0.0625. The second-order valence-electron chi connectivity index (χ2n) is 4.69. The Kier molecular flexibility index (Phi) is 3.23. The van der Waals surface area contributed by atoms with E-state index >= 15 is 0 Å². The number of rotatable bonds is 3. The number of hydrogen-bond donors (Lipinski definition) is 2. The van der Waals surface area contributed by atoms with Crippen molar-refractivity contribution in [1.29, 1.82) is 0 Å². The van der Waals surface area contributed by atoms with Crippen LogP contribution >= 0.6 is 0 Å². The monoisotopic (exact) mass is 279 g/mol. The van der Waals surface area contributed by atoms with E-state index < -0.39 is 0 Å². The van der Waals surface area contributed by atoms with Crippen molar-refractivity contribution in [2.45, 2.75) is 6.92 Å². The Morgan fingerprint density at radius 2 is 1.86 bits per heavy atom. The summed E-state index contributed by atoms with van der Waals surface area (Å²) < 4.78 is 0. The minimum atomic E-state index is -0.233. The number of aromatic nitrogens is 2. The first-order valence-electron chi connectivity index (χ1n) is 6.49. The fourth-order valence-electron chi connectivity index (χ4n) is 2.14. The maximum absolute atomic E-state index is 12.3. The molecule has 0 bridgehead atoms. The van der Waals surface area contributed by atoms with E-state index in [1.54, 1.807) is 42.7 Å². The predicted octanol–water partition coefficient (Wildman–Crippen LogP) is 3.02. The van der Waals surface area contributed by atoms with Crippen molar-refractivity contribution in [3.05, 3.63) is 59.9 Å². The molecule has 0 aliphatic carbocycles. The van der Waals surface area contributed by atoms with Crippen molar-refractivity contribution in [3.8, 4) is 0 Å². The van der Waals surface area contributed by atoms with Crippen LogP contribution in [0.25, 0.3) is 11.0 Å². The van der Waals surface area contributed by atoms with Crippen LogP contribution in [0.15, 0.2) is 48.8 Å². The minimum Gasteiger partial charge on any atom is -0.345 e. The average Bonchev–Trinajstić information content (AvgIpc) is 2.96. The standard InChI is InChI=1S/C16H13N3O2/c1-10(20)11-5-7-12(8-6-11)19-16(21)13-3-2-4-14-15(13)18-9-17-14/h2-9H,1H3,(H,17,18)(H,19,21). The molecule has 1 amide bonds. The van der Waals surface area contributed by atoms with Crippen molar-refractivity contribution in [1.82, 2.24) is 9.97 Å². The van der Waals surface area contributed by atoms with Crippen molar-refractivity contribution in [2.75, 3.05) is 5.32 Å². The largest absolute Gasteiger partial charge is 0.345 e.